The van der Waals surface area contributed by atoms with Crippen molar-refractivity contribution in [2.75, 3.05) is 14.2 Å². The van der Waals surface area contributed by atoms with Crippen molar-refractivity contribution in [3.8, 4) is 11.5 Å². The molecule has 158 valence electrons. The number of halogens is 1. The fourth-order valence-corrected chi connectivity index (χ4v) is 4.25. The second-order valence-corrected chi connectivity index (χ2v) is 8.39. The minimum Gasteiger partial charge on any atom is -0.497 e. The third-order valence-corrected chi connectivity index (χ3v) is 6.23. The van der Waals surface area contributed by atoms with Crippen LogP contribution in [-0.2, 0) is 10.2 Å². The van der Waals surface area contributed by atoms with Gasteiger partial charge in [0, 0.05) is 9.89 Å². The Bertz CT molecular complexity index is 1060. The predicted molar refractivity (Wildman–Crippen MR) is 125 cm³/mol. The van der Waals surface area contributed by atoms with Crippen LogP contribution in [0.25, 0.3) is 0 Å². The molecule has 31 heavy (non-hydrogen) atoms. The minimum atomic E-state index is -0.444. The summed E-state index contributed by atoms with van der Waals surface area (Å²) in [6.07, 6.45) is 2.33. The van der Waals surface area contributed by atoms with Crippen molar-refractivity contribution < 1.29 is 14.3 Å². The van der Waals surface area contributed by atoms with Crippen molar-refractivity contribution in [3.05, 3.63) is 94.0 Å². The van der Waals surface area contributed by atoms with Crippen molar-refractivity contribution in [3.63, 3.8) is 0 Å². The van der Waals surface area contributed by atoms with E-state index >= 15 is 0 Å². The topological polar surface area (TPSA) is 59.9 Å². The van der Waals surface area contributed by atoms with Crippen LogP contribution in [0.2, 0.25) is 0 Å². The molecule has 1 unspecified atom stereocenters. The molecule has 0 saturated heterocycles. The van der Waals surface area contributed by atoms with Gasteiger partial charge in [-0.1, -0.05) is 52.3 Å². The molecule has 0 spiro atoms. The van der Waals surface area contributed by atoms with Crippen LogP contribution in [0.5, 0.6) is 11.5 Å². The molecule has 1 amide bonds. The number of amides is 1. The quantitative estimate of drug-likeness (QED) is 0.387. The van der Waals surface area contributed by atoms with Gasteiger partial charge in [-0.15, -0.1) is 0 Å². The van der Waals surface area contributed by atoms with Gasteiger partial charge in [0.2, 0.25) is 5.91 Å². The number of nitrogens with one attached hydrogen (secondary N) is 1. The summed E-state index contributed by atoms with van der Waals surface area (Å²) in [5, 5.41) is 4.16. The number of hydrogen-bond donors (Lipinski definition) is 1. The minimum absolute atomic E-state index is 0.112. The summed E-state index contributed by atoms with van der Waals surface area (Å²) in [5.74, 6) is 1.17. The maximum atomic E-state index is 13.0. The molecule has 4 rings (SSSR count). The summed E-state index contributed by atoms with van der Waals surface area (Å²) >= 11 is 3.41. The largest absolute Gasteiger partial charge is 0.497 e. The van der Waals surface area contributed by atoms with Gasteiger partial charge in [-0.25, -0.2) is 5.43 Å². The molecular weight excluding hydrogens is 456 g/mol. The van der Waals surface area contributed by atoms with E-state index in [4.69, 9.17) is 9.47 Å². The average molecular weight is 479 g/mol. The van der Waals surface area contributed by atoms with Gasteiger partial charge >= 0.3 is 0 Å². The first kappa shape index (κ1) is 21.1. The number of methoxy groups -OCH3 is 2. The zero-order valence-electron chi connectivity index (χ0n) is 17.3. The number of benzene rings is 3. The van der Waals surface area contributed by atoms with Crippen LogP contribution in [0.3, 0.4) is 0 Å². The van der Waals surface area contributed by atoms with Crippen LogP contribution in [0, 0.1) is 5.92 Å². The van der Waals surface area contributed by atoms with Gasteiger partial charge in [-0.3, -0.25) is 4.79 Å². The van der Waals surface area contributed by atoms with Gasteiger partial charge in [-0.05, 0) is 59.5 Å². The SMILES string of the molecule is COc1cccc(C2(c3cccc(OC)c3)CC2C(=O)NN=Cc2ccc(Br)cc2)c1. The van der Waals surface area contributed by atoms with E-state index in [1.165, 1.54) is 0 Å². The van der Waals surface area contributed by atoms with Gasteiger partial charge in [0.05, 0.1) is 26.4 Å². The van der Waals surface area contributed by atoms with E-state index < -0.39 is 5.41 Å². The fourth-order valence-electron chi connectivity index (χ4n) is 3.98. The van der Waals surface area contributed by atoms with Gasteiger partial charge in [0.1, 0.15) is 11.5 Å². The average Bonchev–Trinajstić information content (AvgIpc) is 3.58. The highest BCUT2D eigenvalue weighted by Crippen LogP contribution is 2.59. The van der Waals surface area contributed by atoms with Crippen molar-refractivity contribution >= 4 is 28.1 Å². The zero-order valence-corrected chi connectivity index (χ0v) is 18.9. The second-order valence-electron chi connectivity index (χ2n) is 7.48. The second kappa shape index (κ2) is 8.94. The molecule has 0 aromatic heterocycles. The molecule has 0 radical (unpaired) electrons. The number of ether oxygens (including phenoxy) is 2. The number of rotatable bonds is 7. The first-order valence-corrected chi connectivity index (χ1v) is 10.7. The van der Waals surface area contributed by atoms with E-state index in [9.17, 15) is 4.79 Å². The highest BCUT2D eigenvalue weighted by atomic mass is 79.9. The molecule has 3 aromatic rings. The van der Waals surface area contributed by atoms with E-state index in [0.29, 0.717) is 6.42 Å². The summed E-state index contributed by atoms with van der Waals surface area (Å²) in [6, 6.07) is 23.5. The number of hydrazone groups is 1. The monoisotopic (exact) mass is 478 g/mol. The van der Waals surface area contributed by atoms with Gasteiger partial charge in [-0.2, -0.15) is 5.10 Å². The first-order chi connectivity index (χ1) is 15.1. The third-order valence-electron chi connectivity index (χ3n) is 5.71. The summed E-state index contributed by atoms with van der Waals surface area (Å²) in [6.45, 7) is 0. The predicted octanol–water partition coefficient (Wildman–Crippen LogP) is 4.92. The molecule has 0 bridgehead atoms. The Balaban J connectivity index is 1.60. The lowest BCUT2D eigenvalue weighted by Gasteiger charge is -2.20. The normalized spacial score (nSPS) is 16.7. The lowest BCUT2D eigenvalue weighted by Crippen LogP contribution is -2.25. The van der Waals surface area contributed by atoms with Crippen molar-refractivity contribution in [1.29, 1.82) is 0 Å². The summed E-state index contributed by atoms with van der Waals surface area (Å²) < 4.78 is 11.8. The molecule has 5 nitrogen and oxygen atoms in total. The van der Waals surface area contributed by atoms with Crippen LogP contribution in [0.15, 0.2) is 82.4 Å². The summed E-state index contributed by atoms with van der Waals surface area (Å²) in [4.78, 5) is 13.0. The Morgan fingerprint density at radius 2 is 1.58 bits per heavy atom. The number of hydrogen-bond acceptors (Lipinski definition) is 4. The molecule has 0 heterocycles. The van der Waals surface area contributed by atoms with Crippen molar-refractivity contribution in [1.82, 2.24) is 5.43 Å². The van der Waals surface area contributed by atoms with Gasteiger partial charge in [0.25, 0.3) is 0 Å². The molecule has 1 N–H and O–H groups in total. The summed E-state index contributed by atoms with van der Waals surface area (Å²) in [5.41, 5.74) is 5.26. The molecule has 0 aliphatic heterocycles. The molecule has 1 aliphatic rings. The van der Waals surface area contributed by atoms with Crippen LogP contribution in [0.1, 0.15) is 23.1 Å². The standard InChI is InChI=1S/C25H23BrN2O3/c1-30-21-7-3-5-18(13-21)25(19-6-4-8-22(14-19)31-2)15-23(25)24(29)28-27-16-17-9-11-20(26)12-10-17/h3-14,16,23H,15H2,1-2H3,(H,28,29). The van der Waals surface area contributed by atoms with Crippen molar-refractivity contribution in [2.24, 2.45) is 11.0 Å². The van der Waals surface area contributed by atoms with Gasteiger partial charge in [0.15, 0.2) is 0 Å². The highest BCUT2D eigenvalue weighted by molar-refractivity contribution is 9.10. The Labute approximate surface area is 190 Å². The smallest absolute Gasteiger partial charge is 0.244 e. The Kier molecular flexibility index (Phi) is 6.09. The number of carbonyl (C=O) groups excluding carboxylic acids is 1. The van der Waals surface area contributed by atoms with Crippen molar-refractivity contribution in [2.45, 2.75) is 11.8 Å². The fraction of sp³-hybridized carbons (Fsp3) is 0.200. The lowest BCUT2D eigenvalue weighted by molar-refractivity contribution is -0.122. The lowest BCUT2D eigenvalue weighted by atomic mass is 9.85. The third kappa shape index (κ3) is 4.35. The number of carbonyl (C=O) groups is 1. The van der Waals surface area contributed by atoms with Crippen LogP contribution in [-0.4, -0.2) is 26.3 Å². The molecule has 3 aromatic carbocycles. The molecular formula is C25H23BrN2O3. The van der Waals surface area contributed by atoms with Crippen LogP contribution >= 0.6 is 15.9 Å². The maximum Gasteiger partial charge on any atom is 0.244 e. The Morgan fingerprint density at radius 1 is 1.00 bits per heavy atom. The highest BCUT2D eigenvalue weighted by Gasteiger charge is 2.60. The molecule has 1 fully saturated rings. The maximum absolute atomic E-state index is 13.0. The van der Waals surface area contributed by atoms with E-state index in [1.807, 2.05) is 72.8 Å². The van der Waals surface area contributed by atoms with E-state index in [2.05, 4.69) is 26.5 Å². The van der Waals surface area contributed by atoms with E-state index in [-0.39, 0.29) is 11.8 Å². The molecule has 1 saturated carbocycles. The number of nitrogens with zero attached hydrogens (tertiary/aromatic N) is 1. The molecule has 1 aliphatic carbocycles. The van der Waals surface area contributed by atoms with E-state index in [1.54, 1.807) is 20.4 Å². The first-order valence-electron chi connectivity index (χ1n) is 9.94. The van der Waals surface area contributed by atoms with Crippen LogP contribution in [0.4, 0.5) is 0 Å². The Hall–Kier alpha value is -3.12. The zero-order chi connectivity index (χ0) is 21.8. The summed E-state index contributed by atoms with van der Waals surface area (Å²) in [7, 11) is 3.29. The van der Waals surface area contributed by atoms with E-state index in [0.717, 1.165) is 32.7 Å². The molecule has 1 atom stereocenters. The van der Waals surface area contributed by atoms with Crippen LogP contribution < -0.4 is 14.9 Å². The van der Waals surface area contributed by atoms with Gasteiger partial charge < -0.3 is 9.47 Å². The Morgan fingerprint density at radius 3 is 2.13 bits per heavy atom. The molecule has 6 heteroatoms.